The van der Waals surface area contributed by atoms with Gasteiger partial charge in [0.25, 0.3) is 0 Å². The van der Waals surface area contributed by atoms with E-state index in [-0.39, 0.29) is 0 Å². The molecular weight excluding hydrogens is 212 g/mol. The first-order chi connectivity index (χ1) is 8.33. The molecule has 4 heteroatoms. The molecule has 17 heavy (non-hydrogen) atoms. The molecule has 4 nitrogen and oxygen atoms in total. The fourth-order valence-corrected chi connectivity index (χ4v) is 2.05. The van der Waals surface area contributed by atoms with E-state index in [1.54, 1.807) is 12.4 Å². The van der Waals surface area contributed by atoms with E-state index in [0.717, 1.165) is 29.7 Å². The van der Waals surface area contributed by atoms with Crippen molar-refractivity contribution in [3.63, 3.8) is 0 Å². The number of aromatic nitrogens is 3. The molecule has 0 saturated heterocycles. The van der Waals surface area contributed by atoms with Crippen molar-refractivity contribution >= 4 is 17.0 Å². The van der Waals surface area contributed by atoms with Crippen molar-refractivity contribution in [1.82, 2.24) is 15.0 Å². The molecule has 0 amide bonds. The molecule has 1 fully saturated rings. The van der Waals surface area contributed by atoms with Crippen molar-refractivity contribution in [1.29, 1.82) is 0 Å². The van der Waals surface area contributed by atoms with E-state index in [2.05, 4.69) is 27.2 Å². The highest BCUT2D eigenvalue weighted by Crippen LogP contribution is 2.36. The van der Waals surface area contributed by atoms with Crippen molar-refractivity contribution in [2.45, 2.75) is 19.8 Å². The Labute approximate surface area is 101 Å². The summed E-state index contributed by atoms with van der Waals surface area (Å²) in [6, 6.07) is 3.93. The Bertz CT molecular complexity index is 522. The second kappa shape index (κ2) is 4.28. The van der Waals surface area contributed by atoms with Crippen LogP contribution in [0.4, 0.5) is 5.82 Å². The molecule has 0 radical (unpaired) electrons. The topological polar surface area (TPSA) is 50.7 Å². The van der Waals surface area contributed by atoms with Gasteiger partial charge in [0.1, 0.15) is 11.3 Å². The molecule has 0 aromatic carbocycles. The van der Waals surface area contributed by atoms with Crippen LogP contribution in [-0.2, 0) is 0 Å². The lowest BCUT2D eigenvalue weighted by Gasteiger charge is -2.11. The summed E-state index contributed by atoms with van der Waals surface area (Å²) in [7, 11) is 0. The molecule has 3 rings (SSSR count). The summed E-state index contributed by atoms with van der Waals surface area (Å²) < 4.78 is 0. The molecule has 1 unspecified atom stereocenters. The number of anilines is 1. The SMILES string of the molecule is CC(CNc1ccc2nccnc2n1)C1CC1. The molecule has 1 N–H and O–H groups in total. The zero-order valence-corrected chi connectivity index (χ0v) is 9.93. The molecule has 1 aliphatic rings. The quantitative estimate of drug-likeness (QED) is 0.873. The van der Waals surface area contributed by atoms with Gasteiger partial charge in [-0.2, -0.15) is 0 Å². The second-order valence-electron chi connectivity index (χ2n) is 4.79. The number of nitrogens with zero attached hydrogens (tertiary/aromatic N) is 3. The minimum atomic E-state index is 0.705. The first kappa shape index (κ1) is 10.4. The van der Waals surface area contributed by atoms with Crippen molar-refractivity contribution in [3.8, 4) is 0 Å². The largest absolute Gasteiger partial charge is 0.370 e. The lowest BCUT2D eigenvalue weighted by molar-refractivity contribution is 0.536. The maximum absolute atomic E-state index is 4.44. The molecular formula is C13H16N4. The van der Waals surface area contributed by atoms with E-state index in [4.69, 9.17) is 0 Å². The van der Waals surface area contributed by atoms with Crippen LogP contribution in [0.15, 0.2) is 24.5 Å². The monoisotopic (exact) mass is 228 g/mol. The van der Waals surface area contributed by atoms with Crippen LogP contribution < -0.4 is 5.32 Å². The predicted octanol–water partition coefficient (Wildman–Crippen LogP) is 2.48. The third-order valence-electron chi connectivity index (χ3n) is 3.36. The lowest BCUT2D eigenvalue weighted by Crippen LogP contribution is -2.13. The lowest BCUT2D eigenvalue weighted by atomic mass is 10.1. The summed E-state index contributed by atoms with van der Waals surface area (Å²) in [5.41, 5.74) is 1.55. The zero-order valence-electron chi connectivity index (χ0n) is 9.93. The molecule has 1 aliphatic carbocycles. The first-order valence-corrected chi connectivity index (χ1v) is 6.14. The highest BCUT2D eigenvalue weighted by Gasteiger charge is 2.27. The van der Waals surface area contributed by atoms with Crippen LogP contribution in [0.2, 0.25) is 0 Å². The second-order valence-corrected chi connectivity index (χ2v) is 4.79. The third kappa shape index (κ3) is 2.35. The van der Waals surface area contributed by atoms with Gasteiger partial charge in [-0.25, -0.2) is 9.97 Å². The average molecular weight is 228 g/mol. The van der Waals surface area contributed by atoms with Gasteiger partial charge in [0.05, 0.1) is 0 Å². The maximum atomic E-state index is 4.44. The zero-order chi connectivity index (χ0) is 11.7. The molecule has 88 valence electrons. The Balaban J connectivity index is 1.71. The van der Waals surface area contributed by atoms with E-state index in [0.29, 0.717) is 5.65 Å². The minimum Gasteiger partial charge on any atom is -0.370 e. The fourth-order valence-electron chi connectivity index (χ4n) is 2.05. The normalized spacial score (nSPS) is 17.0. The number of pyridine rings is 1. The van der Waals surface area contributed by atoms with Crippen LogP contribution in [0.3, 0.4) is 0 Å². The van der Waals surface area contributed by atoms with E-state index < -0.39 is 0 Å². The van der Waals surface area contributed by atoms with E-state index in [1.807, 2.05) is 12.1 Å². The number of rotatable bonds is 4. The standard InChI is InChI=1S/C13H16N4/c1-9(10-2-3-10)8-16-12-5-4-11-13(17-12)15-7-6-14-11/h4-7,9-10H,2-3,8H2,1H3,(H,15,16,17). The first-order valence-electron chi connectivity index (χ1n) is 6.14. The van der Waals surface area contributed by atoms with Crippen LogP contribution in [0.1, 0.15) is 19.8 Å². The van der Waals surface area contributed by atoms with E-state index in [9.17, 15) is 0 Å². The van der Waals surface area contributed by atoms with Gasteiger partial charge in [-0.1, -0.05) is 6.92 Å². The van der Waals surface area contributed by atoms with Crippen LogP contribution in [-0.4, -0.2) is 21.5 Å². The molecule has 0 aliphatic heterocycles. The summed E-state index contributed by atoms with van der Waals surface area (Å²) in [6.45, 7) is 3.29. The van der Waals surface area contributed by atoms with Crippen LogP contribution >= 0.6 is 0 Å². The Hall–Kier alpha value is -1.71. The van der Waals surface area contributed by atoms with Gasteiger partial charge in [0.15, 0.2) is 5.65 Å². The third-order valence-corrected chi connectivity index (χ3v) is 3.36. The van der Waals surface area contributed by atoms with Gasteiger partial charge >= 0.3 is 0 Å². The molecule has 0 spiro atoms. The Morgan fingerprint density at radius 3 is 2.94 bits per heavy atom. The number of hydrogen-bond acceptors (Lipinski definition) is 4. The molecule has 0 bridgehead atoms. The highest BCUT2D eigenvalue weighted by atomic mass is 15.0. The van der Waals surface area contributed by atoms with Gasteiger partial charge in [-0.15, -0.1) is 0 Å². The summed E-state index contributed by atoms with van der Waals surface area (Å²) in [6.07, 6.45) is 6.14. The van der Waals surface area contributed by atoms with Crippen molar-refractivity contribution in [2.24, 2.45) is 11.8 Å². The maximum Gasteiger partial charge on any atom is 0.180 e. The van der Waals surface area contributed by atoms with E-state index in [1.165, 1.54) is 12.8 Å². The van der Waals surface area contributed by atoms with Gasteiger partial charge < -0.3 is 5.32 Å². The Kier molecular flexibility index (Phi) is 2.63. The number of hydrogen-bond donors (Lipinski definition) is 1. The predicted molar refractivity (Wildman–Crippen MR) is 67.7 cm³/mol. The summed E-state index contributed by atoms with van der Waals surface area (Å²) in [5, 5.41) is 3.38. The van der Waals surface area contributed by atoms with Crippen LogP contribution in [0.5, 0.6) is 0 Å². The Morgan fingerprint density at radius 2 is 2.12 bits per heavy atom. The number of fused-ring (bicyclic) bond motifs is 1. The summed E-state index contributed by atoms with van der Waals surface area (Å²) >= 11 is 0. The smallest absolute Gasteiger partial charge is 0.180 e. The van der Waals surface area contributed by atoms with Crippen molar-refractivity contribution < 1.29 is 0 Å². The molecule has 2 heterocycles. The molecule has 1 atom stereocenters. The van der Waals surface area contributed by atoms with Gasteiger partial charge in [0, 0.05) is 18.9 Å². The summed E-state index contributed by atoms with van der Waals surface area (Å²) in [4.78, 5) is 12.8. The van der Waals surface area contributed by atoms with Gasteiger partial charge in [-0.05, 0) is 36.8 Å². The average Bonchev–Trinajstić information content (AvgIpc) is 3.20. The molecule has 2 aromatic heterocycles. The minimum absolute atomic E-state index is 0.705. The Morgan fingerprint density at radius 1 is 1.29 bits per heavy atom. The van der Waals surface area contributed by atoms with Crippen LogP contribution in [0, 0.1) is 11.8 Å². The van der Waals surface area contributed by atoms with Gasteiger partial charge in [0.2, 0.25) is 0 Å². The van der Waals surface area contributed by atoms with Crippen molar-refractivity contribution in [3.05, 3.63) is 24.5 Å². The van der Waals surface area contributed by atoms with Crippen molar-refractivity contribution in [2.75, 3.05) is 11.9 Å². The van der Waals surface area contributed by atoms with E-state index >= 15 is 0 Å². The van der Waals surface area contributed by atoms with Crippen LogP contribution in [0.25, 0.3) is 11.2 Å². The molecule has 2 aromatic rings. The summed E-state index contributed by atoms with van der Waals surface area (Å²) in [5.74, 6) is 2.54. The van der Waals surface area contributed by atoms with Gasteiger partial charge in [-0.3, -0.25) is 4.98 Å². The number of nitrogens with one attached hydrogen (secondary N) is 1. The molecule has 1 saturated carbocycles. The fraction of sp³-hybridized carbons (Fsp3) is 0.462. The highest BCUT2D eigenvalue weighted by molar-refractivity contribution is 5.71.